The third-order valence-corrected chi connectivity index (χ3v) is 4.60. The van der Waals surface area contributed by atoms with Gasteiger partial charge in [0, 0.05) is 19.4 Å². The van der Waals surface area contributed by atoms with Crippen LogP contribution in [0.15, 0.2) is 24.3 Å². The second kappa shape index (κ2) is 5.27. The van der Waals surface area contributed by atoms with E-state index in [2.05, 4.69) is 0 Å². The average molecular weight is 277 g/mol. The van der Waals surface area contributed by atoms with Gasteiger partial charge in [0.25, 0.3) is 0 Å². The fourth-order valence-electron chi connectivity index (χ4n) is 2.68. The number of carbonyl (C=O) groups is 2. The first kappa shape index (κ1) is 16.2. The standard InChI is InChI=1S/C16H23NO3/c1-11-9-7-8-10-13(11)15(3,4)16(5,14(19)20)17(6)12(2)18/h7-10H,1-6H3,(H,19,20)/t16-/m1/s1. The predicted octanol–water partition coefficient (Wildman–Crippen LogP) is 2.59. The van der Waals surface area contributed by atoms with Crippen molar-refractivity contribution in [1.29, 1.82) is 0 Å². The second-order valence-electron chi connectivity index (χ2n) is 5.90. The molecule has 0 heterocycles. The van der Waals surface area contributed by atoms with Gasteiger partial charge >= 0.3 is 5.97 Å². The van der Waals surface area contributed by atoms with E-state index in [1.165, 1.54) is 18.9 Å². The van der Waals surface area contributed by atoms with Crippen LogP contribution < -0.4 is 0 Å². The molecule has 1 aromatic rings. The molecule has 1 N–H and O–H groups in total. The summed E-state index contributed by atoms with van der Waals surface area (Å²) in [6, 6.07) is 7.68. The molecule has 0 fully saturated rings. The Labute approximate surface area is 120 Å². The van der Waals surface area contributed by atoms with Crippen molar-refractivity contribution in [1.82, 2.24) is 4.90 Å². The molecule has 0 saturated carbocycles. The summed E-state index contributed by atoms with van der Waals surface area (Å²) in [6.45, 7) is 8.66. The summed E-state index contributed by atoms with van der Waals surface area (Å²) >= 11 is 0. The first-order valence-corrected chi connectivity index (χ1v) is 6.60. The Morgan fingerprint density at radius 1 is 1.15 bits per heavy atom. The molecule has 0 aliphatic rings. The van der Waals surface area contributed by atoms with E-state index in [-0.39, 0.29) is 5.91 Å². The van der Waals surface area contributed by atoms with Crippen molar-refractivity contribution in [3.63, 3.8) is 0 Å². The lowest BCUT2D eigenvalue weighted by Gasteiger charge is -2.47. The van der Waals surface area contributed by atoms with Crippen LogP contribution in [0.25, 0.3) is 0 Å². The summed E-state index contributed by atoms with van der Waals surface area (Å²) in [5.74, 6) is -1.28. The molecule has 0 bridgehead atoms. The van der Waals surface area contributed by atoms with Crippen LogP contribution in [-0.2, 0) is 15.0 Å². The van der Waals surface area contributed by atoms with Crippen molar-refractivity contribution >= 4 is 11.9 Å². The molecular weight excluding hydrogens is 254 g/mol. The van der Waals surface area contributed by atoms with Crippen LogP contribution in [0.4, 0.5) is 0 Å². The van der Waals surface area contributed by atoms with E-state index in [1.807, 2.05) is 45.0 Å². The monoisotopic (exact) mass is 277 g/mol. The maximum absolute atomic E-state index is 11.9. The minimum atomic E-state index is -1.33. The van der Waals surface area contributed by atoms with Crippen molar-refractivity contribution < 1.29 is 14.7 Å². The van der Waals surface area contributed by atoms with Crippen LogP contribution in [0.1, 0.15) is 38.8 Å². The molecule has 0 unspecified atom stereocenters. The number of carboxylic acids is 1. The lowest BCUT2D eigenvalue weighted by atomic mass is 9.66. The minimum absolute atomic E-state index is 0.267. The van der Waals surface area contributed by atoms with Gasteiger partial charge in [0.1, 0.15) is 5.54 Å². The SMILES string of the molecule is CC(=O)N(C)[C@](C)(C(=O)O)C(C)(C)c1ccccc1C. The van der Waals surface area contributed by atoms with E-state index in [9.17, 15) is 14.7 Å². The minimum Gasteiger partial charge on any atom is -0.479 e. The summed E-state index contributed by atoms with van der Waals surface area (Å²) < 4.78 is 0. The Morgan fingerprint density at radius 3 is 2.05 bits per heavy atom. The van der Waals surface area contributed by atoms with Crippen LogP contribution >= 0.6 is 0 Å². The fraction of sp³-hybridized carbons (Fsp3) is 0.500. The molecule has 1 aromatic carbocycles. The number of amides is 1. The van der Waals surface area contributed by atoms with Gasteiger partial charge in [0.05, 0.1) is 0 Å². The van der Waals surface area contributed by atoms with Gasteiger partial charge < -0.3 is 10.0 Å². The van der Waals surface area contributed by atoms with Crippen molar-refractivity contribution in [2.75, 3.05) is 7.05 Å². The second-order valence-corrected chi connectivity index (χ2v) is 5.90. The van der Waals surface area contributed by atoms with Crippen molar-refractivity contribution in [3.8, 4) is 0 Å². The Hall–Kier alpha value is -1.84. The summed E-state index contributed by atoms with van der Waals surface area (Å²) in [4.78, 5) is 24.9. The lowest BCUT2D eigenvalue weighted by molar-refractivity contribution is -0.160. The van der Waals surface area contributed by atoms with Crippen LogP contribution in [-0.4, -0.2) is 34.5 Å². The molecule has 0 radical (unpaired) electrons. The van der Waals surface area contributed by atoms with Gasteiger partial charge in [-0.25, -0.2) is 4.79 Å². The van der Waals surface area contributed by atoms with Crippen LogP contribution in [0.3, 0.4) is 0 Å². The molecule has 1 rings (SSSR count). The first-order valence-electron chi connectivity index (χ1n) is 6.60. The fourth-order valence-corrected chi connectivity index (χ4v) is 2.68. The summed E-state index contributed by atoms with van der Waals surface area (Å²) in [6.07, 6.45) is 0. The molecule has 0 aliphatic heterocycles. The molecule has 4 nitrogen and oxygen atoms in total. The molecule has 4 heteroatoms. The number of benzene rings is 1. The summed E-state index contributed by atoms with van der Waals surface area (Å²) in [5, 5.41) is 9.75. The molecule has 20 heavy (non-hydrogen) atoms. The smallest absolute Gasteiger partial charge is 0.330 e. The molecule has 110 valence electrons. The topological polar surface area (TPSA) is 57.6 Å². The maximum Gasteiger partial charge on any atom is 0.330 e. The highest BCUT2D eigenvalue weighted by atomic mass is 16.4. The van der Waals surface area contributed by atoms with Crippen molar-refractivity contribution in [3.05, 3.63) is 35.4 Å². The molecule has 1 atom stereocenters. The van der Waals surface area contributed by atoms with Crippen LogP contribution in [0.2, 0.25) is 0 Å². The number of likely N-dealkylation sites (N-methyl/N-ethyl adjacent to an activating group) is 1. The quantitative estimate of drug-likeness (QED) is 0.920. The highest BCUT2D eigenvalue weighted by molar-refractivity contribution is 5.87. The van der Waals surface area contributed by atoms with E-state index in [4.69, 9.17) is 0 Å². The Balaban J connectivity index is 3.52. The van der Waals surface area contributed by atoms with E-state index in [1.54, 1.807) is 6.92 Å². The number of rotatable bonds is 4. The largest absolute Gasteiger partial charge is 0.479 e. The van der Waals surface area contributed by atoms with Crippen molar-refractivity contribution in [2.24, 2.45) is 0 Å². The van der Waals surface area contributed by atoms with Gasteiger partial charge in [-0.2, -0.15) is 0 Å². The highest BCUT2D eigenvalue weighted by Gasteiger charge is 2.52. The van der Waals surface area contributed by atoms with Gasteiger partial charge in [0.15, 0.2) is 0 Å². The zero-order valence-corrected chi connectivity index (χ0v) is 13.0. The molecule has 0 saturated heterocycles. The summed E-state index contributed by atoms with van der Waals surface area (Å²) in [5.41, 5.74) is -0.116. The van der Waals surface area contributed by atoms with E-state index < -0.39 is 16.9 Å². The van der Waals surface area contributed by atoms with Gasteiger partial charge in [-0.1, -0.05) is 38.1 Å². The number of carboxylic acid groups (broad SMARTS) is 1. The molecular formula is C16H23NO3. The van der Waals surface area contributed by atoms with Gasteiger partial charge in [-0.15, -0.1) is 0 Å². The van der Waals surface area contributed by atoms with E-state index in [0.29, 0.717) is 0 Å². The third-order valence-electron chi connectivity index (χ3n) is 4.60. The normalized spacial score (nSPS) is 14.5. The van der Waals surface area contributed by atoms with Crippen LogP contribution in [0.5, 0.6) is 0 Å². The van der Waals surface area contributed by atoms with Gasteiger partial charge in [0.2, 0.25) is 5.91 Å². The molecule has 1 amide bonds. The Bertz CT molecular complexity index is 536. The Morgan fingerprint density at radius 2 is 1.65 bits per heavy atom. The van der Waals surface area contributed by atoms with Crippen LogP contribution in [0, 0.1) is 6.92 Å². The summed E-state index contributed by atoms with van der Waals surface area (Å²) in [7, 11) is 1.54. The maximum atomic E-state index is 11.9. The number of hydrogen-bond acceptors (Lipinski definition) is 2. The number of nitrogens with zero attached hydrogens (tertiary/aromatic N) is 1. The van der Waals surface area contributed by atoms with E-state index in [0.717, 1.165) is 11.1 Å². The Kier molecular flexibility index (Phi) is 4.27. The first-order chi connectivity index (χ1) is 9.06. The third kappa shape index (κ3) is 2.30. The number of aryl methyl sites for hydroxylation is 1. The highest BCUT2D eigenvalue weighted by Crippen LogP contribution is 2.40. The number of carbonyl (C=O) groups excluding carboxylic acids is 1. The van der Waals surface area contributed by atoms with Gasteiger partial charge in [-0.05, 0) is 25.0 Å². The lowest BCUT2D eigenvalue weighted by Crippen LogP contribution is -2.63. The van der Waals surface area contributed by atoms with E-state index >= 15 is 0 Å². The van der Waals surface area contributed by atoms with Gasteiger partial charge in [-0.3, -0.25) is 4.79 Å². The molecule has 0 spiro atoms. The zero-order chi connectivity index (χ0) is 15.7. The van der Waals surface area contributed by atoms with Crippen molar-refractivity contribution in [2.45, 2.75) is 45.6 Å². The predicted molar refractivity (Wildman–Crippen MR) is 78.7 cm³/mol. The molecule has 0 aliphatic carbocycles. The molecule has 0 aromatic heterocycles. The number of hydrogen-bond donors (Lipinski definition) is 1. The number of aliphatic carboxylic acids is 1. The zero-order valence-electron chi connectivity index (χ0n) is 13.0. The average Bonchev–Trinajstić information content (AvgIpc) is 2.36.